The lowest BCUT2D eigenvalue weighted by atomic mass is 9.65. The molecule has 0 radical (unpaired) electrons. The van der Waals surface area contributed by atoms with Gasteiger partial charge in [0.1, 0.15) is 6.10 Å². The van der Waals surface area contributed by atoms with Crippen LogP contribution in [0.1, 0.15) is 66.7 Å². The van der Waals surface area contributed by atoms with Gasteiger partial charge in [-0.25, -0.2) is 0 Å². The molecule has 2 rings (SSSR count). The number of fused-ring (bicyclic) bond motifs is 2. The molecule has 0 aromatic heterocycles. The number of hydrogen-bond donors (Lipinski definition) is 0. The lowest BCUT2D eigenvalue weighted by molar-refractivity contribution is -0.259. The molecule has 2 bridgehead atoms. The molecule has 3 nitrogen and oxygen atoms in total. The number of rotatable bonds is 5. The normalized spacial score (nSPS) is 32.0. The van der Waals surface area contributed by atoms with Gasteiger partial charge in [0.25, 0.3) is 0 Å². The fourth-order valence-corrected chi connectivity index (χ4v) is 4.90. The molecule has 148 valence electrons. The van der Waals surface area contributed by atoms with Crippen LogP contribution in [0, 0.1) is 45.8 Å². The summed E-state index contributed by atoms with van der Waals surface area (Å²) in [5, 5.41) is 9.12. The molecule has 2 fully saturated rings. The molecule has 2 saturated carbocycles. The average molecular weight is 373 g/mol. The van der Waals surface area contributed by atoms with Crippen molar-refractivity contribution in [3.8, 4) is 6.07 Å². The molecule has 0 N–H and O–H groups in total. The lowest BCUT2D eigenvalue weighted by Crippen LogP contribution is -2.53. The Bertz CT molecular complexity index is 575. The maximum absolute atomic E-state index is 14.2. The Morgan fingerprint density at radius 2 is 1.81 bits per heavy atom. The highest BCUT2D eigenvalue weighted by atomic mass is 19.4. The molecule has 2 aliphatic rings. The molecule has 6 heteroatoms. The van der Waals surface area contributed by atoms with Gasteiger partial charge in [-0.3, -0.25) is 4.79 Å². The predicted octanol–water partition coefficient (Wildman–Crippen LogP) is 5.50. The number of esters is 1. The van der Waals surface area contributed by atoms with Crippen molar-refractivity contribution < 1.29 is 22.7 Å². The third-order valence-electron chi connectivity index (χ3n) is 6.35. The van der Waals surface area contributed by atoms with E-state index < -0.39 is 35.0 Å². The van der Waals surface area contributed by atoms with Crippen LogP contribution in [0.5, 0.6) is 0 Å². The van der Waals surface area contributed by atoms with Crippen LogP contribution in [0.2, 0.25) is 0 Å². The van der Waals surface area contributed by atoms with Crippen LogP contribution in [0.25, 0.3) is 0 Å². The zero-order valence-corrected chi connectivity index (χ0v) is 16.3. The van der Waals surface area contributed by atoms with Crippen molar-refractivity contribution in [2.75, 3.05) is 0 Å². The molecule has 0 aromatic rings. The number of nitriles is 1. The van der Waals surface area contributed by atoms with Crippen molar-refractivity contribution in [1.82, 2.24) is 0 Å². The number of halogens is 3. The van der Waals surface area contributed by atoms with Crippen LogP contribution in [-0.4, -0.2) is 18.2 Å². The highest BCUT2D eigenvalue weighted by molar-refractivity contribution is 5.78. The van der Waals surface area contributed by atoms with Gasteiger partial charge in [-0.1, -0.05) is 41.0 Å². The molecule has 0 heterocycles. The Kier molecular flexibility index (Phi) is 5.71. The van der Waals surface area contributed by atoms with E-state index in [1.165, 1.54) is 6.92 Å². The van der Waals surface area contributed by atoms with E-state index in [9.17, 15) is 18.0 Å². The maximum atomic E-state index is 14.2. The van der Waals surface area contributed by atoms with E-state index in [0.29, 0.717) is 12.8 Å². The monoisotopic (exact) mass is 373 g/mol. The summed E-state index contributed by atoms with van der Waals surface area (Å²) in [7, 11) is 0. The Hall–Kier alpha value is -1.25. The zero-order valence-electron chi connectivity index (χ0n) is 16.3. The van der Waals surface area contributed by atoms with E-state index >= 15 is 0 Å². The molecule has 0 aromatic carbocycles. The van der Waals surface area contributed by atoms with Gasteiger partial charge >= 0.3 is 12.1 Å². The quantitative estimate of drug-likeness (QED) is 0.598. The second-order valence-corrected chi connectivity index (χ2v) is 9.42. The van der Waals surface area contributed by atoms with E-state index in [1.807, 2.05) is 0 Å². The Morgan fingerprint density at radius 1 is 1.19 bits per heavy atom. The molecule has 0 amide bonds. The second-order valence-electron chi connectivity index (χ2n) is 9.42. The maximum Gasteiger partial charge on any atom is 0.405 e. The summed E-state index contributed by atoms with van der Waals surface area (Å²) in [6.45, 7) is 8.33. The van der Waals surface area contributed by atoms with Gasteiger partial charge in [0, 0.05) is 5.92 Å². The summed E-state index contributed by atoms with van der Waals surface area (Å²) < 4.78 is 48.2. The van der Waals surface area contributed by atoms with Crippen molar-refractivity contribution in [2.45, 2.75) is 79.0 Å². The zero-order chi connectivity index (χ0) is 19.9. The van der Waals surface area contributed by atoms with Crippen molar-refractivity contribution in [2.24, 2.45) is 34.5 Å². The standard InChI is InChI=1S/C20H30F3NO2/c1-6-12(2)19(20(21,22)23,11-18(3,4)5)17(25)26-16-9-13-7-14(16)8-15(13)10-24/h12-16H,6-9,11H2,1-5H3. The van der Waals surface area contributed by atoms with Crippen molar-refractivity contribution >= 4 is 5.97 Å². The molecular weight excluding hydrogens is 343 g/mol. The van der Waals surface area contributed by atoms with Gasteiger partial charge in [0.15, 0.2) is 5.41 Å². The van der Waals surface area contributed by atoms with Crippen LogP contribution >= 0.6 is 0 Å². The first-order valence-corrected chi connectivity index (χ1v) is 9.53. The van der Waals surface area contributed by atoms with E-state index in [0.717, 1.165) is 6.42 Å². The van der Waals surface area contributed by atoms with Crippen molar-refractivity contribution in [3.05, 3.63) is 0 Å². The van der Waals surface area contributed by atoms with Crippen LogP contribution in [0.15, 0.2) is 0 Å². The van der Waals surface area contributed by atoms with Gasteiger partial charge in [0.2, 0.25) is 0 Å². The van der Waals surface area contributed by atoms with Crippen molar-refractivity contribution in [3.63, 3.8) is 0 Å². The van der Waals surface area contributed by atoms with Crippen LogP contribution in [0.4, 0.5) is 13.2 Å². The number of ether oxygens (including phenoxy) is 1. The van der Waals surface area contributed by atoms with Crippen LogP contribution < -0.4 is 0 Å². The van der Waals surface area contributed by atoms with Gasteiger partial charge in [-0.15, -0.1) is 0 Å². The molecule has 2 aliphatic carbocycles. The number of carbonyl (C=O) groups is 1. The summed E-state index contributed by atoms with van der Waals surface area (Å²) in [5.41, 5.74) is -3.16. The molecule has 0 aliphatic heterocycles. The Balaban J connectivity index is 2.28. The molecule has 26 heavy (non-hydrogen) atoms. The SMILES string of the molecule is CCC(C)C(CC(C)(C)C)(C(=O)OC1CC2CC1CC2C#N)C(F)(F)F. The van der Waals surface area contributed by atoms with E-state index in [2.05, 4.69) is 6.07 Å². The number of carbonyl (C=O) groups excluding carboxylic acids is 1. The summed E-state index contributed by atoms with van der Waals surface area (Å²) in [4.78, 5) is 13.0. The third-order valence-corrected chi connectivity index (χ3v) is 6.35. The fourth-order valence-electron chi connectivity index (χ4n) is 4.90. The Morgan fingerprint density at radius 3 is 2.19 bits per heavy atom. The summed E-state index contributed by atoms with van der Waals surface area (Å²) in [5.74, 6) is -1.87. The summed E-state index contributed by atoms with van der Waals surface area (Å²) in [6.07, 6.45) is -3.28. The Labute approximate surface area is 154 Å². The molecule has 6 atom stereocenters. The third kappa shape index (κ3) is 3.73. The van der Waals surface area contributed by atoms with Gasteiger partial charge in [-0.2, -0.15) is 18.4 Å². The van der Waals surface area contributed by atoms with E-state index in [-0.39, 0.29) is 30.6 Å². The van der Waals surface area contributed by atoms with E-state index in [1.54, 1.807) is 27.7 Å². The first kappa shape index (κ1) is 21.1. The highest BCUT2D eigenvalue weighted by Crippen LogP contribution is 2.55. The highest BCUT2D eigenvalue weighted by Gasteiger charge is 2.65. The van der Waals surface area contributed by atoms with Crippen molar-refractivity contribution in [1.29, 1.82) is 5.26 Å². The molecule has 0 spiro atoms. The number of nitrogens with zero attached hydrogens (tertiary/aromatic N) is 1. The molecular formula is C20H30F3NO2. The lowest BCUT2D eigenvalue weighted by Gasteiger charge is -2.43. The molecule has 6 unspecified atom stereocenters. The summed E-state index contributed by atoms with van der Waals surface area (Å²) >= 11 is 0. The fraction of sp³-hybridized carbons (Fsp3) is 0.900. The van der Waals surface area contributed by atoms with E-state index in [4.69, 9.17) is 10.00 Å². The van der Waals surface area contributed by atoms with Crippen LogP contribution in [-0.2, 0) is 9.53 Å². The van der Waals surface area contributed by atoms with Crippen LogP contribution in [0.3, 0.4) is 0 Å². The minimum Gasteiger partial charge on any atom is -0.461 e. The number of hydrogen-bond acceptors (Lipinski definition) is 3. The smallest absolute Gasteiger partial charge is 0.405 e. The predicted molar refractivity (Wildman–Crippen MR) is 91.8 cm³/mol. The second kappa shape index (κ2) is 7.05. The topological polar surface area (TPSA) is 50.1 Å². The van der Waals surface area contributed by atoms with Gasteiger partial charge in [-0.05, 0) is 48.9 Å². The number of alkyl halides is 3. The first-order valence-electron chi connectivity index (χ1n) is 9.53. The summed E-state index contributed by atoms with van der Waals surface area (Å²) in [6, 6.07) is 2.26. The minimum absolute atomic E-state index is 0.0195. The first-order chi connectivity index (χ1) is 11.9. The van der Waals surface area contributed by atoms with Gasteiger partial charge < -0.3 is 4.74 Å². The largest absolute Gasteiger partial charge is 0.461 e. The van der Waals surface area contributed by atoms with Gasteiger partial charge in [0.05, 0.1) is 6.07 Å². The average Bonchev–Trinajstić information content (AvgIpc) is 3.09. The molecule has 0 saturated heterocycles. The minimum atomic E-state index is -4.67.